The molecule has 0 heterocycles. The number of amides is 1. The van der Waals surface area contributed by atoms with Crippen molar-refractivity contribution in [3.8, 4) is 0 Å². The molecule has 116 valence electrons. The Morgan fingerprint density at radius 3 is 2.32 bits per heavy atom. The van der Waals surface area contributed by atoms with Crippen molar-refractivity contribution < 1.29 is 19.4 Å². The fraction of sp³-hybridized carbons (Fsp3) is 0.294. The maximum absolute atomic E-state index is 11.8. The lowest BCUT2D eigenvalue weighted by molar-refractivity contribution is -0.139. The molecule has 5 nitrogen and oxygen atoms in total. The highest BCUT2D eigenvalue weighted by molar-refractivity contribution is 5.86. The van der Waals surface area contributed by atoms with Crippen LogP contribution in [0, 0.1) is 0 Å². The van der Waals surface area contributed by atoms with Crippen LogP contribution in [-0.4, -0.2) is 22.8 Å². The van der Waals surface area contributed by atoms with Gasteiger partial charge in [-0.3, -0.25) is 0 Å². The van der Waals surface area contributed by atoms with Crippen molar-refractivity contribution in [2.24, 2.45) is 0 Å². The Morgan fingerprint density at radius 1 is 1.09 bits per heavy atom. The highest BCUT2D eigenvalue weighted by atomic mass is 16.6. The Hall–Kier alpha value is -2.56. The lowest BCUT2D eigenvalue weighted by Gasteiger charge is -2.22. The third-order valence-electron chi connectivity index (χ3n) is 3.01. The molecule has 2 aromatic carbocycles. The smallest absolute Gasteiger partial charge is 0.408 e. The summed E-state index contributed by atoms with van der Waals surface area (Å²) in [5.41, 5.74) is -0.187. The first-order valence-corrected chi connectivity index (χ1v) is 6.97. The number of carbonyl (C=O) groups is 2. The molecule has 0 saturated carbocycles. The van der Waals surface area contributed by atoms with Crippen LogP contribution in [0.25, 0.3) is 10.8 Å². The van der Waals surface area contributed by atoms with E-state index < -0.39 is 23.7 Å². The van der Waals surface area contributed by atoms with E-state index in [-0.39, 0.29) is 0 Å². The molecule has 0 spiro atoms. The van der Waals surface area contributed by atoms with E-state index in [9.17, 15) is 14.7 Å². The molecule has 2 N–H and O–H groups in total. The van der Waals surface area contributed by atoms with Gasteiger partial charge in [-0.05, 0) is 43.2 Å². The summed E-state index contributed by atoms with van der Waals surface area (Å²) in [7, 11) is 0. The van der Waals surface area contributed by atoms with Gasteiger partial charge in [0.15, 0.2) is 6.04 Å². The van der Waals surface area contributed by atoms with E-state index >= 15 is 0 Å². The second-order valence-electron chi connectivity index (χ2n) is 6.02. The third kappa shape index (κ3) is 3.97. The summed E-state index contributed by atoms with van der Waals surface area (Å²) in [6.07, 6.45) is -0.756. The molecule has 2 rings (SSSR count). The van der Waals surface area contributed by atoms with Crippen molar-refractivity contribution in [1.82, 2.24) is 5.32 Å². The summed E-state index contributed by atoms with van der Waals surface area (Å²) in [4.78, 5) is 23.3. The van der Waals surface area contributed by atoms with Crippen LogP contribution in [0.15, 0.2) is 42.5 Å². The molecule has 0 aliphatic carbocycles. The minimum Gasteiger partial charge on any atom is -0.479 e. The number of rotatable bonds is 3. The molecule has 0 aliphatic rings. The van der Waals surface area contributed by atoms with Gasteiger partial charge in [0.2, 0.25) is 0 Å². The topological polar surface area (TPSA) is 75.6 Å². The first-order chi connectivity index (χ1) is 10.3. The average Bonchev–Trinajstić information content (AvgIpc) is 2.42. The lowest BCUT2D eigenvalue weighted by Crippen LogP contribution is -2.38. The zero-order valence-electron chi connectivity index (χ0n) is 12.8. The summed E-state index contributed by atoms with van der Waals surface area (Å²) in [6, 6.07) is 11.8. The molecule has 0 radical (unpaired) electrons. The van der Waals surface area contributed by atoms with Gasteiger partial charge in [0.1, 0.15) is 5.60 Å². The van der Waals surface area contributed by atoms with Gasteiger partial charge >= 0.3 is 12.1 Å². The number of benzene rings is 2. The Balaban J connectivity index is 2.26. The number of nitrogens with one attached hydrogen (secondary N) is 1. The Labute approximate surface area is 128 Å². The molecule has 1 atom stereocenters. The van der Waals surface area contributed by atoms with Gasteiger partial charge < -0.3 is 15.2 Å². The van der Waals surface area contributed by atoms with E-state index in [1.165, 1.54) is 0 Å². The average molecular weight is 301 g/mol. The largest absolute Gasteiger partial charge is 0.479 e. The van der Waals surface area contributed by atoms with Crippen LogP contribution in [-0.2, 0) is 9.53 Å². The number of carboxylic acid groups (broad SMARTS) is 1. The first-order valence-electron chi connectivity index (χ1n) is 6.97. The van der Waals surface area contributed by atoms with Crippen molar-refractivity contribution >= 4 is 22.8 Å². The molecule has 22 heavy (non-hydrogen) atoms. The van der Waals surface area contributed by atoms with Gasteiger partial charge in [-0.2, -0.15) is 0 Å². The second kappa shape index (κ2) is 6.05. The summed E-state index contributed by atoms with van der Waals surface area (Å²) < 4.78 is 5.11. The predicted molar refractivity (Wildman–Crippen MR) is 83.7 cm³/mol. The van der Waals surface area contributed by atoms with Crippen LogP contribution >= 0.6 is 0 Å². The van der Waals surface area contributed by atoms with Crippen LogP contribution in [0.2, 0.25) is 0 Å². The lowest BCUT2D eigenvalue weighted by atomic mass is 10.0. The number of aliphatic carboxylic acids is 1. The predicted octanol–water partition coefficient (Wildman–Crippen LogP) is 3.49. The van der Waals surface area contributed by atoms with Crippen LogP contribution < -0.4 is 5.32 Å². The monoisotopic (exact) mass is 301 g/mol. The van der Waals surface area contributed by atoms with Gasteiger partial charge in [-0.25, -0.2) is 9.59 Å². The van der Waals surface area contributed by atoms with Crippen molar-refractivity contribution in [1.29, 1.82) is 0 Å². The number of hydrogen-bond donors (Lipinski definition) is 2. The minimum absolute atomic E-state index is 0.497. The van der Waals surface area contributed by atoms with E-state index in [0.717, 1.165) is 10.8 Å². The molecule has 0 bridgehead atoms. The SMILES string of the molecule is CC(C)(C)OC(=O)N[C@@H](C(=O)O)c1ccc2ccccc2c1. The summed E-state index contributed by atoms with van der Waals surface area (Å²) >= 11 is 0. The summed E-state index contributed by atoms with van der Waals surface area (Å²) in [6.45, 7) is 5.16. The molecule has 0 fully saturated rings. The zero-order valence-corrected chi connectivity index (χ0v) is 12.8. The number of fused-ring (bicyclic) bond motifs is 1. The van der Waals surface area contributed by atoms with E-state index in [1.54, 1.807) is 32.9 Å². The second-order valence-corrected chi connectivity index (χ2v) is 6.02. The number of carboxylic acids is 1. The van der Waals surface area contributed by atoms with Gasteiger partial charge in [-0.1, -0.05) is 36.4 Å². The highest BCUT2D eigenvalue weighted by Crippen LogP contribution is 2.21. The van der Waals surface area contributed by atoms with Gasteiger partial charge in [0.05, 0.1) is 0 Å². The molecule has 5 heteroatoms. The van der Waals surface area contributed by atoms with Crippen LogP contribution in [0.5, 0.6) is 0 Å². The Bertz CT molecular complexity index is 703. The van der Waals surface area contributed by atoms with Crippen LogP contribution in [0.4, 0.5) is 4.79 Å². The molecular weight excluding hydrogens is 282 g/mol. The van der Waals surface area contributed by atoms with Crippen molar-refractivity contribution in [2.45, 2.75) is 32.4 Å². The highest BCUT2D eigenvalue weighted by Gasteiger charge is 2.25. The molecule has 2 aromatic rings. The fourth-order valence-electron chi connectivity index (χ4n) is 2.10. The molecule has 0 aromatic heterocycles. The normalized spacial score (nSPS) is 12.7. The van der Waals surface area contributed by atoms with Crippen molar-refractivity contribution in [3.63, 3.8) is 0 Å². The summed E-state index contributed by atoms with van der Waals surface area (Å²) in [5.74, 6) is -1.14. The van der Waals surface area contributed by atoms with Crippen LogP contribution in [0.1, 0.15) is 32.4 Å². The van der Waals surface area contributed by atoms with Gasteiger partial charge in [0, 0.05) is 0 Å². The van der Waals surface area contributed by atoms with E-state index in [2.05, 4.69) is 5.32 Å². The van der Waals surface area contributed by atoms with Crippen molar-refractivity contribution in [2.75, 3.05) is 0 Å². The molecule has 0 unspecified atom stereocenters. The standard InChI is InChI=1S/C17H19NO4/c1-17(2,3)22-16(21)18-14(15(19)20)13-9-8-11-6-4-5-7-12(11)10-13/h4-10,14H,1-3H3,(H,18,21)(H,19,20)/t14-/m1/s1. The maximum Gasteiger partial charge on any atom is 0.408 e. The zero-order chi connectivity index (χ0) is 16.3. The maximum atomic E-state index is 11.8. The van der Waals surface area contributed by atoms with E-state index in [4.69, 9.17) is 4.74 Å². The quantitative estimate of drug-likeness (QED) is 0.910. The van der Waals surface area contributed by atoms with Gasteiger partial charge in [0.25, 0.3) is 0 Å². The number of carbonyl (C=O) groups excluding carboxylic acids is 1. The number of alkyl carbamates (subject to hydrolysis) is 1. The van der Waals surface area contributed by atoms with Gasteiger partial charge in [-0.15, -0.1) is 0 Å². The fourth-order valence-corrected chi connectivity index (χ4v) is 2.10. The van der Waals surface area contributed by atoms with Crippen LogP contribution in [0.3, 0.4) is 0 Å². The van der Waals surface area contributed by atoms with E-state index in [0.29, 0.717) is 5.56 Å². The number of hydrogen-bond acceptors (Lipinski definition) is 3. The number of ether oxygens (including phenoxy) is 1. The first kappa shape index (κ1) is 15.8. The molecule has 1 amide bonds. The minimum atomic E-state index is -1.15. The molecule has 0 saturated heterocycles. The molecular formula is C17H19NO4. The molecule has 0 aliphatic heterocycles. The third-order valence-corrected chi connectivity index (χ3v) is 3.01. The summed E-state index contributed by atoms with van der Waals surface area (Å²) in [5, 5.41) is 13.7. The van der Waals surface area contributed by atoms with E-state index in [1.807, 2.05) is 30.3 Å². The van der Waals surface area contributed by atoms with Crippen molar-refractivity contribution in [3.05, 3.63) is 48.0 Å². The Kier molecular flexibility index (Phi) is 4.35. The Morgan fingerprint density at radius 2 is 1.73 bits per heavy atom.